The summed E-state index contributed by atoms with van der Waals surface area (Å²) < 4.78 is 29.4. The maximum atomic E-state index is 13.0. The topological polar surface area (TPSA) is 51.2 Å². The molecule has 0 bridgehead atoms. The van der Waals surface area contributed by atoms with Crippen LogP contribution in [0.1, 0.15) is 12.5 Å². The standard InChI is InChI=1S/C21H23FN2O4/c1-15(28-18-5-3-17(22)4-6-18)21(25)24-10-8-23(9-11-24)13-16-2-7-19-20(12-16)27-14-26-19/h2-7,12,15H,8-11,13-14H2,1H3. The van der Waals surface area contributed by atoms with Crippen molar-refractivity contribution in [3.8, 4) is 17.2 Å². The van der Waals surface area contributed by atoms with E-state index in [9.17, 15) is 9.18 Å². The second-order valence-corrected chi connectivity index (χ2v) is 7.00. The summed E-state index contributed by atoms with van der Waals surface area (Å²) in [5, 5.41) is 0. The number of benzene rings is 2. The van der Waals surface area contributed by atoms with Gasteiger partial charge in [0, 0.05) is 32.7 Å². The second-order valence-electron chi connectivity index (χ2n) is 7.00. The smallest absolute Gasteiger partial charge is 0.263 e. The number of nitrogens with zero attached hydrogens (tertiary/aromatic N) is 2. The molecule has 28 heavy (non-hydrogen) atoms. The summed E-state index contributed by atoms with van der Waals surface area (Å²) in [6.07, 6.45) is -0.606. The van der Waals surface area contributed by atoms with Crippen LogP contribution in [0.4, 0.5) is 4.39 Å². The van der Waals surface area contributed by atoms with Crippen molar-refractivity contribution < 1.29 is 23.4 Å². The van der Waals surface area contributed by atoms with E-state index in [0.717, 1.165) is 36.7 Å². The van der Waals surface area contributed by atoms with E-state index in [1.54, 1.807) is 6.92 Å². The van der Waals surface area contributed by atoms with Crippen LogP contribution >= 0.6 is 0 Å². The summed E-state index contributed by atoms with van der Waals surface area (Å²) in [7, 11) is 0. The predicted molar refractivity (Wildman–Crippen MR) is 101 cm³/mol. The van der Waals surface area contributed by atoms with Crippen molar-refractivity contribution in [3.63, 3.8) is 0 Å². The quantitative estimate of drug-likeness (QED) is 0.791. The van der Waals surface area contributed by atoms with Crippen LogP contribution in [0.3, 0.4) is 0 Å². The minimum atomic E-state index is -0.606. The van der Waals surface area contributed by atoms with Crippen LogP contribution in [0.25, 0.3) is 0 Å². The van der Waals surface area contributed by atoms with E-state index >= 15 is 0 Å². The lowest BCUT2D eigenvalue weighted by atomic mass is 10.1. The zero-order valence-corrected chi connectivity index (χ0v) is 15.8. The molecule has 1 saturated heterocycles. The SMILES string of the molecule is CC(Oc1ccc(F)cc1)C(=O)N1CCN(Cc2ccc3c(c2)OCO3)CC1. The Labute approximate surface area is 163 Å². The molecule has 0 radical (unpaired) electrons. The Morgan fingerprint density at radius 2 is 1.79 bits per heavy atom. The molecule has 2 aliphatic rings. The number of amides is 1. The summed E-state index contributed by atoms with van der Waals surface area (Å²) in [4.78, 5) is 16.8. The first-order chi connectivity index (χ1) is 13.6. The van der Waals surface area contributed by atoms with Crippen LogP contribution in [0.5, 0.6) is 17.2 Å². The molecule has 2 heterocycles. The van der Waals surface area contributed by atoms with Crippen LogP contribution in [-0.2, 0) is 11.3 Å². The molecule has 2 aromatic carbocycles. The molecular weight excluding hydrogens is 363 g/mol. The minimum absolute atomic E-state index is 0.0490. The van der Waals surface area contributed by atoms with Gasteiger partial charge in [-0.05, 0) is 48.9 Å². The maximum absolute atomic E-state index is 13.0. The lowest BCUT2D eigenvalue weighted by Crippen LogP contribution is -2.51. The number of carbonyl (C=O) groups excluding carboxylic acids is 1. The van der Waals surface area contributed by atoms with Crippen LogP contribution in [0.2, 0.25) is 0 Å². The lowest BCUT2D eigenvalue weighted by Gasteiger charge is -2.35. The molecule has 0 saturated carbocycles. The zero-order valence-electron chi connectivity index (χ0n) is 15.8. The van der Waals surface area contributed by atoms with Gasteiger partial charge in [-0.3, -0.25) is 9.69 Å². The van der Waals surface area contributed by atoms with Gasteiger partial charge in [-0.15, -0.1) is 0 Å². The molecule has 0 aliphatic carbocycles. The maximum Gasteiger partial charge on any atom is 0.263 e. The van der Waals surface area contributed by atoms with Gasteiger partial charge >= 0.3 is 0 Å². The molecular formula is C21H23FN2O4. The van der Waals surface area contributed by atoms with Gasteiger partial charge in [-0.1, -0.05) is 6.07 Å². The summed E-state index contributed by atoms with van der Waals surface area (Å²) >= 11 is 0. The highest BCUT2D eigenvalue weighted by molar-refractivity contribution is 5.81. The fraction of sp³-hybridized carbons (Fsp3) is 0.381. The Kier molecular flexibility index (Phi) is 5.34. The van der Waals surface area contributed by atoms with E-state index in [1.807, 2.05) is 23.1 Å². The molecule has 1 fully saturated rings. The highest BCUT2D eigenvalue weighted by Crippen LogP contribution is 2.32. The number of hydrogen-bond donors (Lipinski definition) is 0. The highest BCUT2D eigenvalue weighted by Gasteiger charge is 2.26. The molecule has 4 rings (SSSR count). The normalized spacial score (nSPS) is 17.4. The molecule has 1 unspecified atom stereocenters. The van der Waals surface area contributed by atoms with Crippen molar-refractivity contribution in [2.75, 3.05) is 33.0 Å². The Hall–Kier alpha value is -2.80. The molecule has 0 spiro atoms. The molecule has 6 nitrogen and oxygen atoms in total. The van der Waals surface area contributed by atoms with Gasteiger partial charge < -0.3 is 19.1 Å². The number of carbonyl (C=O) groups is 1. The number of hydrogen-bond acceptors (Lipinski definition) is 5. The summed E-state index contributed by atoms with van der Waals surface area (Å²) in [5.41, 5.74) is 1.16. The fourth-order valence-corrected chi connectivity index (χ4v) is 3.45. The highest BCUT2D eigenvalue weighted by atomic mass is 19.1. The van der Waals surface area contributed by atoms with Crippen LogP contribution in [-0.4, -0.2) is 54.8 Å². The van der Waals surface area contributed by atoms with E-state index < -0.39 is 6.10 Å². The molecule has 0 aromatic heterocycles. The molecule has 1 amide bonds. The molecule has 2 aliphatic heterocycles. The third-order valence-corrected chi connectivity index (χ3v) is 5.00. The summed E-state index contributed by atoms with van der Waals surface area (Å²) in [6.45, 7) is 5.70. The third kappa shape index (κ3) is 4.20. The largest absolute Gasteiger partial charge is 0.481 e. The average molecular weight is 386 g/mol. The monoisotopic (exact) mass is 386 g/mol. The summed E-state index contributed by atoms with van der Waals surface area (Å²) in [6, 6.07) is 11.7. The van der Waals surface area contributed by atoms with Crippen LogP contribution in [0, 0.1) is 5.82 Å². The van der Waals surface area contributed by atoms with Gasteiger partial charge in [0.05, 0.1) is 0 Å². The van der Waals surface area contributed by atoms with Crippen molar-refractivity contribution >= 4 is 5.91 Å². The molecule has 148 valence electrons. The Morgan fingerprint density at radius 3 is 2.54 bits per heavy atom. The van der Waals surface area contributed by atoms with Crippen LogP contribution < -0.4 is 14.2 Å². The van der Waals surface area contributed by atoms with Gasteiger partial charge in [-0.25, -0.2) is 4.39 Å². The molecule has 7 heteroatoms. The number of ether oxygens (including phenoxy) is 3. The first-order valence-corrected chi connectivity index (χ1v) is 9.40. The van der Waals surface area contributed by atoms with Crippen LogP contribution in [0.15, 0.2) is 42.5 Å². The van der Waals surface area contributed by atoms with Gasteiger partial charge in [0.1, 0.15) is 11.6 Å². The molecule has 0 N–H and O–H groups in total. The predicted octanol–water partition coefficient (Wildman–Crippen LogP) is 2.67. The second kappa shape index (κ2) is 8.06. The van der Waals surface area contributed by atoms with Gasteiger partial charge in [0.15, 0.2) is 17.6 Å². The zero-order chi connectivity index (χ0) is 19.5. The third-order valence-electron chi connectivity index (χ3n) is 5.00. The molecule has 2 aromatic rings. The van der Waals surface area contributed by atoms with E-state index in [4.69, 9.17) is 14.2 Å². The lowest BCUT2D eigenvalue weighted by molar-refractivity contribution is -0.139. The number of fused-ring (bicyclic) bond motifs is 1. The van der Waals surface area contributed by atoms with Gasteiger partial charge in [-0.2, -0.15) is 0 Å². The van der Waals surface area contributed by atoms with Crippen molar-refractivity contribution in [1.29, 1.82) is 0 Å². The fourth-order valence-electron chi connectivity index (χ4n) is 3.45. The van der Waals surface area contributed by atoms with Gasteiger partial charge in [0.25, 0.3) is 5.91 Å². The number of rotatable bonds is 5. The Balaban J connectivity index is 1.27. The average Bonchev–Trinajstić information content (AvgIpc) is 3.17. The van der Waals surface area contributed by atoms with Crippen molar-refractivity contribution in [2.45, 2.75) is 19.6 Å². The van der Waals surface area contributed by atoms with Crippen molar-refractivity contribution in [2.24, 2.45) is 0 Å². The number of halogens is 1. The van der Waals surface area contributed by atoms with E-state index in [0.29, 0.717) is 18.8 Å². The van der Waals surface area contributed by atoms with E-state index in [2.05, 4.69) is 4.90 Å². The number of piperazine rings is 1. The van der Waals surface area contributed by atoms with E-state index in [-0.39, 0.29) is 18.5 Å². The molecule has 1 atom stereocenters. The first-order valence-electron chi connectivity index (χ1n) is 9.40. The summed E-state index contributed by atoms with van der Waals surface area (Å²) in [5.74, 6) is 1.69. The Bertz CT molecular complexity index is 835. The van der Waals surface area contributed by atoms with E-state index in [1.165, 1.54) is 24.3 Å². The minimum Gasteiger partial charge on any atom is -0.481 e. The van der Waals surface area contributed by atoms with Crippen molar-refractivity contribution in [3.05, 3.63) is 53.8 Å². The first kappa shape index (κ1) is 18.6. The van der Waals surface area contributed by atoms with Crippen molar-refractivity contribution in [1.82, 2.24) is 9.80 Å². The Morgan fingerprint density at radius 1 is 1.07 bits per heavy atom. The van der Waals surface area contributed by atoms with Gasteiger partial charge in [0.2, 0.25) is 6.79 Å².